The van der Waals surface area contributed by atoms with Crippen LogP contribution in [0.4, 0.5) is 0 Å². The third kappa shape index (κ3) is 4.46. The smallest absolute Gasteiger partial charge is 0.275 e. The van der Waals surface area contributed by atoms with Crippen LogP contribution in [-0.4, -0.2) is 23.3 Å². The highest BCUT2D eigenvalue weighted by Crippen LogP contribution is 2.18. The van der Waals surface area contributed by atoms with Crippen LogP contribution in [-0.2, 0) is 0 Å². The van der Waals surface area contributed by atoms with E-state index in [0.717, 1.165) is 5.56 Å². The van der Waals surface area contributed by atoms with Gasteiger partial charge in [0, 0.05) is 0 Å². The van der Waals surface area contributed by atoms with E-state index in [1.807, 2.05) is 6.92 Å². The Morgan fingerprint density at radius 3 is 2.62 bits per heavy atom. The molecule has 0 aliphatic heterocycles. The number of phenols is 1. The molecule has 0 saturated heterocycles. The van der Waals surface area contributed by atoms with Crippen LogP contribution >= 0.6 is 0 Å². The Kier molecular flexibility index (Phi) is 6.14. The quantitative estimate of drug-likeness (QED) is 0.465. The first-order valence-corrected chi connectivity index (χ1v) is 7.64. The van der Waals surface area contributed by atoms with Gasteiger partial charge in [-0.05, 0) is 48.4 Å². The van der Waals surface area contributed by atoms with E-state index in [-0.39, 0.29) is 11.7 Å². The number of hydrazone groups is 1. The molecular weight excluding hydrogens is 304 g/mol. The number of benzene rings is 2. The Labute approximate surface area is 141 Å². The molecule has 0 radical (unpaired) electrons. The van der Waals surface area contributed by atoms with Crippen LogP contribution in [0.5, 0.6) is 11.5 Å². The van der Waals surface area contributed by atoms with Crippen LogP contribution in [0.15, 0.2) is 66.3 Å². The maximum absolute atomic E-state index is 12.4. The number of carbonyl (C=O) groups is 1. The van der Waals surface area contributed by atoms with Crippen LogP contribution < -0.4 is 10.2 Å². The topological polar surface area (TPSA) is 70.9 Å². The van der Waals surface area contributed by atoms with Gasteiger partial charge in [0.25, 0.3) is 5.91 Å². The molecule has 0 unspecified atom stereocenters. The van der Waals surface area contributed by atoms with Crippen LogP contribution in [0, 0.1) is 0 Å². The SMILES string of the molecule is C=CCOc1ccccc1C(=O)NN=C(CC)c1ccc(O)cc1. The number of rotatable bonds is 7. The molecule has 2 N–H and O–H groups in total. The van der Waals surface area contributed by atoms with Crippen molar-refractivity contribution in [1.82, 2.24) is 5.43 Å². The highest BCUT2D eigenvalue weighted by molar-refractivity contribution is 6.02. The predicted octanol–water partition coefficient (Wildman–Crippen LogP) is 3.50. The van der Waals surface area contributed by atoms with E-state index in [9.17, 15) is 9.90 Å². The number of phenolic OH excluding ortho intramolecular Hbond substituents is 1. The monoisotopic (exact) mass is 324 g/mol. The third-order valence-electron chi connectivity index (χ3n) is 3.32. The van der Waals surface area contributed by atoms with Gasteiger partial charge in [0.15, 0.2) is 0 Å². The molecule has 0 atom stereocenters. The predicted molar refractivity (Wildman–Crippen MR) is 94.5 cm³/mol. The molecule has 2 rings (SSSR count). The van der Waals surface area contributed by atoms with Gasteiger partial charge in [-0.1, -0.05) is 31.7 Å². The fraction of sp³-hybridized carbons (Fsp3) is 0.158. The highest BCUT2D eigenvalue weighted by Gasteiger charge is 2.12. The summed E-state index contributed by atoms with van der Waals surface area (Å²) in [6.45, 7) is 5.86. The zero-order chi connectivity index (χ0) is 17.4. The van der Waals surface area contributed by atoms with Crippen LogP contribution in [0.2, 0.25) is 0 Å². The zero-order valence-electron chi connectivity index (χ0n) is 13.5. The second-order valence-electron chi connectivity index (χ2n) is 5.00. The first kappa shape index (κ1) is 17.3. The summed E-state index contributed by atoms with van der Waals surface area (Å²) in [6, 6.07) is 13.6. The van der Waals surface area contributed by atoms with E-state index >= 15 is 0 Å². The second kappa shape index (κ2) is 8.53. The molecular formula is C19H20N2O3. The maximum atomic E-state index is 12.4. The van der Waals surface area contributed by atoms with Crippen molar-refractivity contribution in [2.24, 2.45) is 5.10 Å². The Morgan fingerprint density at radius 2 is 1.96 bits per heavy atom. The van der Waals surface area contributed by atoms with Crippen molar-refractivity contribution in [3.8, 4) is 11.5 Å². The Balaban J connectivity index is 2.16. The molecule has 0 heterocycles. The van der Waals surface area contributed by atoms with Crippen LogP contribution in [0.3, 0.4) is 0 Å². The molecule has 5 heteroatoms. The minimum atomic E-state index is -0.348. The van der Waals surface area contributed by atoms with Crippen molar-refractivity contribution in [1.29, 1.82) is 0 Å². The highest BCUT2D eigenvalue weighted by atomic mass is 16.5. The van der Waals surface area contributed by atoms with Crippen molar-refractivity contribution < 1.29 is 14.6 Å². The lowest BCUT2D eigenvalue weighted by Crippen LogP contribution is -2.20. The van der Waals surface area contributed by atoms with Gasteiger partial charge in [-0.25, -0.2) is 5.43 Å². The fourth-order valence-corrected chi connectivity index (χ4v) is 2.11. The Bertz CT molecular complexity index is 737. The minimum Gasteiger partial charge on any atom is -0.508 e. The van der Waals surface area contributed by atoms with Gasteiger partial charge in [0.1, 0.15) is 18.1 Å². The Morgan fingerprint density at radius 1 is 1.25 bits per heavy atom. The molecule has 1 amide bonds. The number of hydrogen-bond donors (Lipinski definition) is 2. The van der Waals surface area contributed by atoms with E-state index in [1.165, 1.54) is 0 Å². The first-order chi connectivity index (χ1) is 11.7. The summed E-state index contributed by atoms with van der Waals surface area (Å²) in [5.74, 6) is 0.318. The molecule has 2 aromatic rings. The number of aromatic hydroxyl groups is 1. The van der Waals surface area contributed by atoms with Gasteiger partial charge in [-0.3, -0.25) is 4.79 Å². The van der Waals surface area contributed by atoms with Crippen molar-refractivity contribution in [2.75, 3.05) is 6.61 Å². The number of para-hydroxylation sites is 1. The average molecular weight is 324 g/mol. The molecule has 0 bridgehead atoms. The Hall–Kier alpha value is -3.08. The lowest BCUT2D eigenvalue weighted by molar-refractivity contribution is 0.0951. The fourth-order valence-electron chi connectivity index (χ4n) is 2.11. The van der Waals surface area contributed by atoms with Gasteiger partial charge in [0.2, 0.25) is 0 Å². The van der Waals surface area contributed by atoms with Crippen molar-refractivity contribution >= 4 is 11.6 Å². The molecule has 2 aromatic carbocycles. The van der Waals surface area contributed by atoms with Gasteiger partial charge in [-0.2, -0.15) is 5.10 Å². The van der Waals surface area contributed by atoms with Gasteiger partial charge < -0.3 is 9.84 Å². The summed E-state index contributed by atoms with van der Waals surface area (Å²) in [6.07, 6.45) is 2.26. The number of nitrogens with one attached hydrogen (secondary N) is 1. The number of hydrogen-bond acceptors (Lipinski definition) is 4. The summed E-state index contributed by atoms with van der Waals surface area (Å²) >= 11 is 0. The summed E-state index contributed by atoms with van der Waals surface area (Å²) in [4.78, 5) is 12.4. The molecule has 124 valence electrons. The van der Waals surface area contributed by atoms with E-state index in [0.29, 0.717) is 30.1 Å². The van der Waals surface area contributed by atoms with E-state index in [2.05, 4.69) is 17.1 Å². The first-order valence-electron chi connectivity index (χ1n) is 7.64. The third-order valence-corrected chi connectivity index (χ3v) is 3.32. The number of nitrogens with zero attached hydrogens (tertiary/aromatic N) is 1. The van der Waals surface area contributed by atoms with Crippen LogP contribution in [0.25, 0.3) is 0 Å². The van der Waals surface area contributed by atoms with Crippen molar-refractivity contribution in [2.45, 2.75) is 13.3 Å². The largest absolute Gasteiger partial charge is 0.508 e. The van der Waals surface area contributed by atoms with E-state index in [1.54, 1.807) is 54.6 Å². The van der Waals surface area contributed by atoms with Gasteiger partial charge in [0.05, 0.1) is 11.3 Å². The van der Waals surface area contributed by atoms with E-state index < -0.39 is 0 Å². The maximum Gasteiger partial charge on any atom is 0.275 e. The molecule has 5 nitrogen and oxygen atoms in total. The normalized spacial score (nSPS) is 11.0. The number of amides is 1. The van der Waals surface area contributed by atoms with Gasteiger partial charge in [-0.15, -0.1) is 0 Å². The summed E-state index contributed by atoms with van der Waals surface area (Å²) in [5.41, 5.74) is 4.52. The standard InChI is InChI=1S/C19H20N2O3/c1-3-13-24-18-8-6-5-7-16(18)19(23)21-20-17(4-2)14-9-11-15(22)12-10-14/h3,5-12,22H,1,4,13H2,2H3,(H,21,23). The molecule has 0 aliphatic carbocycles. The lowest BCUT2D eigenvalue weighted by atomic mass is 10.1. The van der Waals surface area contributed by atoms with Crippen molar-refractivity contribution in [3.05, 3.63) is 72.3 Å². The van der Waals surface area contributed by atoms with Crippen molar-refractivity contribution in [3.63, 3.8) is 0 Å². The molecule has 0 aliphatic rings. The van der Waals surface area contributed by atoms with E-state index in [4.69, 9.17) is 4.74 Å². The summed E-state index contributed by atoms with van der Waals surface area (Å²) in [7, 11) is 0. The summed E-state index contributed by atoms with van der Waals surface area (Å²) in [5, 5.41) is 13.5. The average Bonchev–Trinajstić information content (AvgIpc) is 2.62. The molecule has 0 saturated carbocycles. The summed E-state index contributed by atoms with van der Waals surface area (Å²) < 4.78 is 5.48. The van der Waals surface area contributed by atoms with Crippen LogP contribution in [0.1, 0.15) is 29.3 Å². The minimum absolute atomic E-state index is 0.187. The molecule has 0 spiro atoms. The van der Waals surface area contributed by atoms with Gasteiger partial charge >= 0.3 is 0 Å². The number of ether oxygens (including phenoxy) is 1. The lowest BCUT2D eigenvalue weighted by Gasteiger charge is -2.09. The second-order valence-corrected chi connectivity index (χ2v) is 5.00. The zero-order valence-corrected chi connectivity index (χ0v) is 13.5. The molecule has 0 fully saturated rings. The molecule has 0 aromatic heterocycles. The molecule has 24 heavy (non-hydrogen) atoms. The number of carbonyl (C=O) groups excluding carboxylic acids is 1.